The third-order valence-corrected chi connectivity index (χ3v) is 3.41. The summed E-state index contributed by atoms with van der Waals surface area (Å²) < 4.78 is 0. The molecule has 1 aliphatic rings. The summed E-state index contributed by atoms with van der Waals surface area (Å²) in [5.41, 5.74) is -1.27. The van der Waals surface area contributed by atoms with Gasteiger partial charge in [0.1, 0.15) is 0 Å². The molecule has 0 aromatic carbocycles. The van der Waals surface area contributed by atoms with Gasteiger partial charge in [-0.25, -0.2) is 4.79 Å². The van der Waals surface area contributed by atoms with Crippen LogP contribution in [0.1, 0.15) is 40.5 Å². The molecule has 0 aromatic heterocycles. The van der Waals surface area contributed by atoms with Crippen molar-refractivity contribution >= 4 is 17.9 Å². The smallest absolute Gasteiger partial charge is 0.317 e. The molecule has 21 heavy (non-hydrogen) atoms. The van der Waals surface area contributed by atoms with Crippen LogP contribution in [0.4, 0.5) is 4.79 Å². The Morgan fingerprint density at radius 1 is 1.29 bits per heavy atom. The van der Waals surface area contributed by atoms with Gasteiger partial charge in [-0.1, -0.05) is 0 Å². The molecule has 7 nitrogen and oxygen atoms in total. The zero-order valence-electron chi connectivity index (χ0n) is 13.2. The molecule has 1 saturated heterocycles. The van der Waals surface area contributed by atoms with E-state index < -0.39 is 17.4 Å². The van der Waals surface area contributed by atoms with Crippen LogP contribution in [0.2, 0.25) is 0 Å². The molecule has 0 bridgehead atoms. The van der Waals surface area contributed by atoms with Crippen molar-refractivity contribution in [3.63, 3.8) is 0 Å². The van der Waals surface area contributed by atoms with Crippen LogP contribution in [0.15, 0.2) is 0 Å². The molecule has 1 aliphatic heterocycles. The van der Waals surface area contributed by atoms with Crippen LogP contribution >= 0.6 is 0 Å². The van der Waals surface area contributed by atoms with Crippen molar-refractivity contribution in [1.82, 2.24) is 15.5 Å². The first kappa shape index (κ1) is 17.3. The maximum atomic E-state index is 12.0. The Balaban J connectivity index is 2.49. The van der Waals surface area contributed by atoms with E-state index in [1.165, 1.54) is 4.90 Å². The summed E-state index contributed by atoms with van der Waals surface area (Å²) >= 11 is 0. The second-order valence-corrected chi connectivity index (χ2v) is 6.85. The maximum absolute atomic E-state index is 12.0. The Bertz CT molecular complexity index is 430. The van der Waals surface area contributed by atoms with Crippen molar-refractivity contribution in [3.8, 4) is 0 Å². The van der Waals surface area contributed by atoms with Crippen molar-refractivity contribution in [3.05, 3.63) is 0 Å². The largest absolute Gasteiger partial charge is 0.481 e. The molecule has 1 unspecified atom stereocenters. The minimum atomic E-state index is -0.913. The van der Waals surface area contributed by atoms with Gasteiger partial charge in [0, 0.05) is 18.6 Å². The minimum Gasteiger partial charge on any atom is -0.481 e. The Morgan fingerprint density at radius 2 is 1.90 bits per heavy atom. The molecule has 0 radical (unpaired) electrons. The number of likely N-dealkylation sites (tertiary alicyclic amines) is 1. The molecule has 1 fully saturated rings. The van der Waals surface area contributed by atoms with E-state index in [0.29, 0.717) is 19.4 Å². The number of urea groups is 1. The van der Waals surface area contributed by atoms with E-state index in [1.807, 2.05) is 20.8 Å². The molecular formula is C14H25N3O4. The highest BCUT2D eigenvalue weighted by Gasteiger charge is 2.39. The standard InChI is InChI=1S/C14H25N3O4/c1-13(2,3)16-10(18)8-15-12(21)17-7-5-6-14(4,9-17)11(19)20/h5-9H2,1-4H3,(H,15,21)(H,16,18)(H,19,20). The molecule has 0 spiro atoms. The Labute approximate surface area is 125 Å². The summed E-state index contributed by atoms with van der Waals surface area (Å²) in [6.07, 6.45) is 1.20. The van der Waals surface area contributed by atoms with Gasteiger partial charge in [0.15, 0.2) is 0 Å². The van der Waals surface area contributed by atoms with E-state index in [9.17, 15) is 19.5 Å². The van der Waals surface area contributed by atoms with Crippen LogP contribution in [0.5, 0.6) is 0 Å². The molecule has 3 amide bonds. The predicted octanol–water partition coefficient (Wildman–Crippen LogP) is 0.797. The van der Waals surface area contributed by atoms with Gasteiger partial charge in [-0.2, -0.15) is 0 Å². The van der Waals surface area contributed by atoms with Crippen molar-refractivity contribution in [2.45, 2.75) is 46.1 Å². The highest BCUT2D eigenvalue weighted by molar-refractivity contribution is 5.85. The van der Waals surface area contributed by atoms with E-state index >= 15 is 0 Å². The lowest BCUT2D eigenvalue weighted by Crippen LogP contribution is -2.53. The average molecular weight is 299 g/mol. The number of hydrogen-bond donors (Lipinski definition) is 3. The number of aliphatic carboxylic acids is 1. The van der Waals surface area contributed by atoms with E-state index in [2.05, 4.69) is 10.6 Å². The Hall–Kier alpha value is -1.79. The van der Waals surface area contributed by atoms with Crippen molar-refractivity contribution < 1.29 is 19.5 Å². The van der Waals surface area contributed by atoms with Gasteiger partial charge < -0.3 is 20.6 Å². The molecule has 1 rings (SSSR count). The SMILES string of the molecule is CC(C)(C)NC(=O)CNC(=O)N1CCCC(C)(C(=O)O)C1. The lowest BCUT2D eigenvalue weighted by Gasteiger charge is -2.37. The number of nitrogens with one attached hydrogen (secondary N) is 2. The van der Waals surface area contributed by atoms with E-state index in [-0.39, 0.29) is 24.5 Å². The fourth-order valence-electron chi connectivity index (χ4n) is 2.32. The third kappa shape index (κ3) is 5.24. The molecule has 120 valence electrons. The van der Waals surface area contributed by atoms with Gasteiger partial charge >= 0.3 is 12.0 Å². The predicted molar refractivity (Wildman–Crippen MR) is 77.8 cm³/mol. The van der Waals surface area contributed by atoms with Crippen molar-refractivity contribution in [2.24, 2.45) is 5.41 Å². The van der Waals surface area contributed by atoms with Gasteiger partial charge in [-0.15, -0.1) is 0 Å². The highest BCUT2D eigenvalue weighted by Crippen LogP contribution is 2.29. The van der Waals surface area contributed by atoms with Crippen LogP contribution in [0, 0.1) is 5.41 Å². The van der Waals surface area contributed by atoms with Gasteiger partial charge in [-0.3, -0.25) is 9.59 Å². The molecule has 0 saturated carbocycles. The number of hydrogen-bond acceptors (Lipinski definition) is 3. The molecule has 1 heterocycles. The number of carboxylic acids is 1. The molecule has 7 heteroatoms. The Morgan fingerprint density at radius 3 is 2.43 bits per heavy atom. The van der Waals surface area contributed by atoms with E-state index in [4.69, 9.17) is 0 Å². The molecular weight excluding hydrogens is 274 g/mol. The molecule has 0 aliphatic carbocycles. The summed E-state index contributed by atoms with van der Waals surface area (Å²) in [5, 5.41) is 14.5. The van der Waals surface area contributed by atoms with Gasteiger partial charge in [0.05, 0.1) is 12.0 Å². The summed E-state index contributed by atoms with van der Waals surface area (Å²) in [6.45, 7) is 7.77. The summed E-state index contributed by atoms with van der Waals surface area (Å²) in [6, 6.07) is -0.397. The van der Waals surface area contributed by atoms with Crippen molar-refractivity contribution in [2.75, 3.05) is 19.6 Å². The number of carbonyl (C=O) groups excluding carboxylic acids is 2. The van der Waals surface area contributed by atoms with E-state index in [1.54, 1.807) is 6.92 Å². The van der Waals surface area contributed by atoms with Gasteiger partial charge in [-0.05, 0) is 40.5 Å². The van der Waals surface area contributed by atoms with Crippen LogP contribution in [0.25, 0.3) is 0 Å². The third-order valence-electron chi connectivity index (χ3n) is 3.41. The topological polar surface area (TPSA) is 98.7 Å². The lowest BCUT2D eigenvalue weighted by atomic mass is 9.82. The summed E-state index contributed by atoms with van der Waals surface area (Å²) in [7, 11) is 0. The number of nitrogens with zero attached hydrogens (tertiary/aromatic N) is 1. The van der Waals surface area contributed by atoms with E-state index in [0.717, 1.165) is 0 Å². The first-order valence-corrected chi connectivity index (χ1v) is 7.11. The summed E-state index contributed by atoms with van der Waals surface area (Å²) in [5.74, 6) is -1.17. The maximum Gasteiger partial charge on any atom is 0.317 e. The average Bonchev–Trinajstić information content (AvgIpc) is 2.33. The summed E-state index contributed by atoms with van der Waals surface area (Å²) in [4.78, 5) is 36.4. The van der Waals surface area contributed by atoms with Gasteiger partial charge in [0.2, 0.25) is 5.91 Å². The molecule has 3 N–H and O–H groups in total. The fraction of sp³-hybridized carbons (Fsp3) is 0.786. The number of carboxylic acid groups (broad SMARTS) is 1. The number of rotatable bonds is 3. The van der Waals surface area contributed by atoms with Gasteiger partial charge in [0.25, 0.3) is 0 Å². The molecule has 1 atom stereocenters. The minimum absolute atomic E-state index is 0.115. The first-order chi connectivity index (χ1) is 9.53. The second kappa shape index (κ2) is 6.32. The van der Waals surface area contributed by atoms with Crippen LogP contribution < -0.4 is 10.6 Å². The van der Waals surface area contributed by atoms with Crippen LogP contribution in [-0.4, -0.2) is 53.1 Å². The molecule has 0 aromatic rings. The normalized spacial score (nSPS) is 22.6. The zero-order chi connectivity index (χ0) is 16.3. The second-order valence-electron chi connectivity index (χ2n) is 6.85. The number of carbonyl (C=O) groups is 3. The highest BCUT2D eigenvalue weighted by atomic mass is 16.4. The van der Waals surface area contributed by atoms with Crippen molar-refractivity contribution in [1.29, 1.82) is 0 Å². The monoisotopic (exact) mass is 299 g/mol. The lowest BCUT2D eigenvalue weighted by molar-refractivity contribution is -0.150. The first-order valence-electron chi connectivity index (χ1n) is 7.11. The fourth-order valence-corrected chi connectivity index (χ4v) is 2.32. The zero-order valence-corrected chi connectivity index (χ0v) is 13.2. The van der Waals surface area contributed by atoms with Crippen LogP contribution in [-0.2, 0) is 9.59 Å². The quantitative estimate of drug-likeness (QED) is 0.717. The van der Waals surface area contributed by atoms with Crippen LogP contribution in [0.3, 0.4) is 0 Å². The number of piperidine rings is 1. The number of amides is 3. The Kier molecular flexibility index (Phi) is 5.20.